The van der Waals surface area contributed by atoms with Gasteiger partial charge in [0.25, 0.3) is 5.91 Å². The number of fused-ring (bicyclic) bond motifs is 1. The van der Waals surface area contributed by atoms with Crippen molar-refractivity contribution in [2.45, 2.75) is 44.3 Å². The molecule has 34 heavy (non-hydrogen) atoms. The zero-order chi connectivity index (χ0) is 24.1. The van der Waals surface area contributed by atoms with E-state index in [2.05, 4.69) is 20.6 Å². The quantitative estimate of drug-likeness (QED) is 0.604. The van der Waals surface area contributed by atoms with Crippen LogP contribution in [0.4, 0.5) is 16.0 Å². The third-order valence-electron chi connectivity index (χ3n) is 6.06. The molecule has 1 aromatic heterocycles. The fourth-order valence-electron chi connectivity index (χ4n) is 4.46. The van der Waals surface area contributed by atoms with Gasteiger partial charge in [-0.15, -0.1) is 0 Å². The lowest BCUT2D eigenvalue weighted by Crippen LogP contribution is -2.42. The second-order valence-corrected chi connectivity index (χ2v) is 8.24. The van der Waals surface area contributed by atoms with Crippen LogP contribution in [-0.4, -0.2) is 52.6 Å². The van der Waals surface area contributed by atoms with Crippen molar-refractivity contribution in [3.05, 3.63) is 53.2 Å². The van der Waals surface area contributed by atoms with Crippen LogP contribution in [0, 0.1) is 11.3 Å². The monoisotopic (exact) mass is 464 g/mol. The van der Waals surface area contributed by atoms with E-state index in [1.165, 1.54) is 13.3 Å². The molecule has 0 unspecified atom stereocenters. The molecule has 9 nitrogen and oxygen atoms in total. The highest BCUT2D eigenvalue weighted by Gasteiger charge is 2.35. The molecular weight excluding hydrogens is 439 g/mol. The lowest BCUT2D eigenvalue weighted by molar-refractivity contribution is -0.111. The van der Waals surface area contributed by atoms with Crippen LogP contribution in [0.5, 0.6) is 5.88 Å². The largest absolute Gasteiger partial charge is 0.480 e. The molecule has 1 aromatic carbocycles. The van der Waals surface area contributed by atoms with Crippen LogP contribution in [-0.2, 0) is 11.3 Å². The molecule has 2 N–H and O–H groups in total. The first kappa shape index (κ1) is 23.2. The Morgan fingerprint density at radius 2 is 2.26 bits per heavy atom. The van der Waals surface area contributed by atoms with Gasteiger partial charge in [-0.25, -0.2) is 9.37 Å². The van der Waals surface area contributed by atoms with Crippen molar-refractivity contribution >= 4 is 23.5 Å². The highest BCUT2D eigenvalue weighted by Crippen LogP contribution is 2.33. The molecule has 1 aliphatic carbocycles. The van der Waals surface area contributed by atoms with Gasteiger partial charge in [0.1, 0.15) is 18.3 Å². The molecule has 0 bridgehead atoms. The van der Waals surface area contributed by atoms with Crippen molar-refractivity contribution in [3.63, 3.8) is 0 Å². The number of halogens is 1. The average Bonchev–Trinajstić information content (AvgIpc) is 3.18. The first-order chi connectivity index (χ1) is 16.5. The van der Waals surface area contributed by atoms with Crippen LogP contribution in [0.15, 0.2) is 36.5 Å². The van der Waals surface area contributed by atoms with Gasteiger partial charge in [-0.3, -0.25) is 9.59 Å². The van der Waals surface area contributed by atoms with Crippen molar-refractivity contribution in [2.75, 3.05) is 24.4 Å². The number of hydrogen-bond acceptors (Lipinski definition) is 7. The Morgan fingerprint density at radius 1 is 1.41 bits per heavy atom. The normalized spacial score (nSPS) is 19.6. The summed E-state index contributed by atoms with van der Waals surface area (Å²) in [6, 6.07) is 7.39. The third kappa shape index (κ3) is 4.98. The molecule has 0 saturated heterocycles. The number of alkyl halides is 1. The summed E-state index contributed by atoms with van der Waals surface area (Å²) in [5.41, 5.74) is 2.25. The topological polar surface area (TPSA) is 120 Å². The molecule has 2 amide bonds. The number of carbonyl (C=O) groups is 2. The van der Waals surface area contributed by atoms with Crippen molar-refractivity contribution in [1.82, 2.24) is 14.9 Å². The molecule has 1 saturated carbocycles. The molecule has 176 valence electrons. The molecule has 2 atom stereocenters. The van der Waals surface area contributed by atoms with E-state index in [-0.39, 0.29) is 29.4 Å². The molecule has 2 aromatic rings. The summed E-state index contributed by atoms with van der Waals surface area (Å²) in [6.07, 6.45) is 7.18. The van der Waals surface area contributed by atoms with Crippen molar-refractivity contribution in [2.24, 2.45) is 0 Å². The Hall–Kier alpha value is -4.00. The lowest BCUT2D eigenvalue weighted by atomic mass is 9.90. The molecule has 2 aliphatic rings. The maximum absolute atomic E-state index is 13.2. The van der Waals surface area contributed by atoms with E-state index in [0.29, 0.717) is 23.7 Å². The summed E-state index contributed by atoms with van der Waals surface area (Å²) in [5, 5.41) is 15.1. The van der Waals surface area contributed by atoms with Gasteiger partial charge in [0.15, 0.2) is 0 Å². The van der Waals surface area contributed by atoms with Gasteiger partial charge in [-0.05, 0) is 49.5 Å². The summed E-state index contributed by atoms with van der Waals surface area (Å²) >= 11 is 0. The average molecular weight is 465 g/mol. The number of hydrogen-bond donors (Lipinski definition) is 2. The number of rotatable bonds is 7. The summed E-state index contributed by atoms with van der Waals surface area (Å²) in [4.78, 5) is 35.4. The highest BCUT2D eigenvalue weighted by atomic mass is 19.1. The van der Waals surface area contributed by atoms with Crippen LogP contribution in [0.1, 0.15) is 47.2 Å². The summed E-state index contributed by atoms with van der Waals surface area (Å²) < 4.78 is 17.4. The minimum atomic E-state index is -0.715. The van der Waals surface area contributed by atoms with Gasteiger partial charge < -0.3 is 20.3 Å². The molecule has 4 rings (SSSR count). The number of anilines is 2. The Balaban J connectivity index is 1.42. The molecule has 0 spiro atoms. The zero-order valence-electron chi connectivity index (χ0n) is 18.8. The van der Waals surface area contributed by atoms with Crippen LogP contribution in [0.25, 0.3) is 0 Å². The molecular formula is C24H25FN6O3. The number of aromatic nitrogens is 2. The number of nitriles is 1. The Kier molecular flexibility index (Phi) is 7.01. The van der Waals surface area contributed by atoms with Gasteiger partial charge in [-0.1, -0.05) is 6.07 Å². The Labute approximate surface area is 196 Å². The second-order valence-electron chi connectivity index (χ2n) is 8.24. The number of amides is 2. The maximum Gasteiger partial charge on any atom is 0.254 e. The highest BCUT2D eigenvalue weighted by molar-refractivity contribution is 6.02. The first-order valence-corrected chi connectivity index (χ1v) is 11.1. The van der Waals surface area contributed by atoms with E-state index in [4.69, 9.17) is 10.00 Å². The minimum absolute atomic E-state index is 0.0527. The number of allylic oxidation sites excluding steroid dienone is 1. The van der Waals surface area contributed by atoms with Crippen molar-refractivity contribution < 1.29 is 18.7 Å². The fraction of sp³-hybridized carbons (Fsp3) is 0.375. The summed E-state index contributed by atoms with van der Waals surface area (Å²) in [7, 11) is 1.46. The van der Waals surface area contributed by atoms with Gasteiger partial charge in [0, 0.05) is 36.0 Å². The van der Waals surface area contributed by atoms with Gasteiger partial charge in [-0.2, -0.15) is 10.2 Å². The van der Waals surface area contributed by atoms with E-state index in [1.54, 1.807) is 12.1 Å². The second kappa shape index (κ2) is 10.3. The van der Waals surface area contributed by atoms with E-state index in [1.807, 2.05) is 17.0 Å². The number of benzene rings is 1. The van der Waals surface area contributed by atoms with Gasteiger partial charge in [0.2, 0.25) is 17.7 Å². The van der Waals surface area contributed by atoms with Crippen LogP contribution < -0.4 is 15.4 Å². The predicted octanol–water partition coefficient (Wildman–Crippen LogP) is 3.20. The van der Waals surface area contributed by atoms with Crippen molar-refractivity contribution in [1.29, 1.82) is 5.26 Å². The van der Waals surface area contributed by atoms with Gasteiger partial charge in [0.05, 0.1) is 13.3 Å². The lowest BCUT2D eigenvalue weighted by Gasteiger charge is -2.35. The standard InChI is InChI=1S/C24H25FN6O3/c1-34-22-16(12-26)13-27-24(30-22)29-17-4-2-5-19(10-17)31-14-15-7-8-18(11-20(15)23(31)33)28-21(32)6-3-9-25/h3,6-8,11,13,17,19H,2,4-5,9-10,14H2,1H3,(H,28,32)(H,27,29,30)/t17-,19+/m1/s1. The smallest absolute Gasteiger partial charge is 0.254 e. The molecule has 2 heterocycles. The van der Waals surface area contributed by atoms with Crippen LogP contribution in [0.2, 0.25) is 0 Å². The van der Waals surface area contributed by atoms with E-state index < -0.39 is 12.6 Å². The van der Waals surface area contributed by atoms with Crippen molar-refractivity contribution in [3.8, 4) is 11.9 Å². The Morgan fingerprint density at radius 3 is 3.03 bits per heavy atom. The van der Waals surface area contributed by atoms with E-state index in [0.717, 1.165) is 43.4 Å². The number of nitrogens with one attached hydrogen (secondary N) is 2. The number of carbonyl (C=O) groups excluding carboxylic acids is 2. The van der Waals surface area contributed by atoms with E-state index >= 15 is 0 Å². The van der Waals surface area contributed by atoms with Crippen LogP contribution in [0.3, 0.4) is 0 Å². The maximum atomic E-state index is 13.2. The molecule has 1 aliphatic heterocycles. The number of nitrogens with zero attached hydrogens (tertiary/aromatic N) is 4. The fourth-order valence-corrected chi connectivity index (χ4v) is 4.46. The predicted molar refractivity (Wildman–Crippen MR) is 123 cm³/mol. The van der Waals surface area contributed by atoms with Gasteiger partial charge >= 0.3 is 0 Å². The number of methoxy groups -OCH3 is 1. The number of ether oxygens (including phenoxy) is 1. The third-order valence-corrected chi connectivity index (χ3v) is 6.06. The van der Waals surface area contributed by atoms with E-state index in [9.17, 15) is 14.0 Å². The minimum Gasteiger partial charge on any atom is -0.480 e. The first-order valence-electron chi connectivity index (χ1n) is 11.1. The zero-order valence-corrected chi connectivity index (χ0v) is 18.8. The SMILES string of the molecule is COc1nc(N[C@@H]2CCC[C@H](N3Cc4ccc(NC(=O)C=CCF)cc4C3=O)C2)ncc1C#N. The molecule has 10 heteroatoms. The van der Waals surface area contributed by atoms with Crippen LogP contribution >= 0.6 is 0 Å². The summed E-state index contributed by atoms with van der Waals surface area (Å²) in [5.74, 6) is 0.107. The summed E-state index contributed by atoms with van der Waals surface area (Å²) in [6.45, 7) is -0.199. The Bertz CT molecular complexity index is 1160. The molecule has 1 fully saturated rings. The molecule has 0 radical (unpaired) electrons.